The first-order valence-corrected chi connectivity index (χ1v) is 11.3. The Morgan fingerprint density at radius 2 is 1.55 bits per heavy atom. The number of amides is 2. The molecular formula is C21H25N3O6S. The van der Waals surface area contributed by atoms with Crippen LogP contribution in [-0.2, 0) is 14.8 Å². The predicted octanol–water partition coefficient (Wildman–Crippen LogP) is 0.915. The summed E-state index contributed by atoms with van der Waals surface area (Å²) in [4.78, 5) is 28.6. The molecule has 0 aromatic heterocycles. The van der Waals surface area contributed by atoms with Gasteiger partial charge in [0.15, 0.2) is 0 Å². The molecule has 0 bridgehead atoms. The van der Waals surface area contributed by atoms with Crippen LogP contribution in [0.2, 0.25) is 0 Å². The van der Waals surface area contributed by atoms with Gasteiger partial charge in [-0.15, -0.1) is 0 Å². The summed E-state index contributed by atoms with van der Waals surface area (Å²) in [5, 5.41) is 9.87. The Hall–Kier alpha value is -2.95. The van der Waals surface area contributed by atoms with E-state index in [1.807, 2.05) is 0 Å². The highest BCUT2D eigenvalue weighted by molar-refractivity contribution is 7.89. The number of phenolic OH excluding ortho intramolecular Hbond substituents is 1. The van der Waals surface area contributed by atoms with Crippen LogP contribution in [0.25, 0.3) is 0 Å². The zero-order valence-electron chi connectivity index (χ0n) is 17.2. The van der Waals surface area contributed by atoms with Gasteiger partial charge in [0.2, 0.25) is 10.0 Å². The molecule has 2 aromatic carbocycles. The molecule has 0 radical (unpaired) electrons. The standard InChI is InChI=1S/C21H25N3O6S/c1-30-15-10-22-31(28,29)17-8-6-16(7-9-17)20(26)23-11-13-24(14-12-23)21(27)18-4-2-3-5-19(18)25/h2-9,22,25H,10-15H2,1H3. The van der Waals surface area contributed by atoms with Crippen molar-refractivity contribution in [2.75, 3.05) is 46.4 Å². The predicted molar refractivity (Wildman–Crippen MR) is 113 cm³/mol. The monoisotopic (exact) mass is 447 g/mol. The van der Waals surface area contributed by atoms with Gasteiger partial charge >= 0.3 is 0 Å². The zero-order chi connectivity index (χ0) is 22.4. The van der Waals surface area contributed by atoms with Gasteiger partial charge in [-0.1, -0.05) is 12.1 Å². The largest absolute Gasteiger partial charge is 0.507 e. The number of rotatable bonds is 7. The Bertz CT molecular complexity index is 1030. The number of piperazine rings is 1. The molecule has 1 aliphatic rings. The molecule has 31 heavy (non-hydrogen) atoms. The van der Waals surface area contributed by atoms with Crippen molar-refractivity contribution in [3.8, 4) is 5.75 Å². The third kappa shape index (κ3) is 5.40. The van der Waals surface area contributed by atoms with Gasteiger partial charge in [-0.05, 0) is 36.4 Å². The van der Waals surface area contributed by atoms with Crippen molar-refractivity contribution in [2.45, 2.75) is 4.90 Å². The van der Waals surface area contributed by atoms with Crippen LogP contribution in [0.15, 0.2) is 53.4 Å². The summed E-state index contributed by atoms with van der Waals surface area (Å²) in [7, 11) is -2.18. The highest BCUT2D eigenvalue weighted by Gasteiger charge is 2.27. The van der Waals surface area contributed by atoms with Gasteiger partial charge in [-0.3, -0.25) is 9.59 Å². The lowest BCUT2D eigenvalue weighted by Crippen LogP contribution is -2.50. The molecule has 1 heterocycles. The Balaban J connectivity index is 1.59. The molecule has 2 N–H and O–H groups in total. The number of hydrogen-bond donors (Lipinski definition) is 2. The van der Waals surface area contributed by atoms with Crippen LogP contribution in [0.1, 0.15) is 20.7 Å². The van der Waals surface area contributed by atoms with Crippen LogP contribution < -0.4 is 4.72 Å². The lowest BCUT2D eigenvalue weighted by molar-refractivity contribution is 0.0533. The van der Waals surface area contributed by atoms with Crippen molar-refractivity contribution < 1.29 is 27.9 Å². The van der Waals surface area contributed by atoms with Crippen molar-refractivity contribution in [1.29, 1.82) is 0 Å². The van der Waals surface area contributed by atoms with E-state index in [1.54, 1.807) is 28.0 Å². The second-order valence-electron chi connectivity index (χ2n) is 7.02. The van der Waals surface area contributed by atoms with Gasteiger partial charge in [0.05, 0.1) is 17.1 Å². The SMILES string of the molecule is COCCNS(=O)(=O)c1ccc(C(=O)N2CCN(C(=O)c3ccccc3O)CC2)cc1. The van der Waals surface area contributed by atoms with Crippen LogP contribution in [-0.4, -0.2) is 81.6 Å². The fourth-order valence-corrected chi connectivity index (χ4v) is 4.27. The van der Waals surface area contributed by atoms with E-state index in [1.165, 1.54) is 37.4 Å². The molecule has 2 amide bonds. The number of methoxy groups -OCH3 is 1. The van der Waals surface area contributed by atoms with Crippen molar-refractivity contribution in [2.24, 2.45) is 0 Å². The molecule has 0 unspecified atom stereocenters. The maximum atomic E-state index is 12.8. The molecule has 0 aliphatic carbocycles. The number of carbonyl (C=O) groups is 2. The van der Waals surface area contributed by atoms with E-state index in [0.717, 1.165) is 0 Å². The summed E-state index contributed by atoms with van der Waals surface area (Å²) < 4.78 is 31.7. The van der Waals surface area contributed by atoms with Gasteiger partial charge in [0, 0.05) is 45.4 Å². The lowest BCUT2D eigenvalue weighted by Gasteiger charge is -2.35. The Kier molecular flexibility index (Phi) is 7.26. The minimum Gasteiger partial charge on any atom is -0.507 e. The fourth-order valence-electron chi connectivity index (χ4n) is 3.26. The van der Waals surface area contributed by atoms with Crippen molar-refractivity contribution in [3.05, 3.63) is 59.7 Å². The summed E-state index contributed by atoms with van der Waals surface area (Å²) in [5.41, 5.74) is 0.606. The molecular weight excluding hydrogens is 422 g/mol. The number of nitrogens with zero attached hydrogens (tertiary/aromatic N) is 2. The van der Waals surface area contributed by atoms with Crippen molar-refractivity contribution in [1.82, 2.24) is 14.5 Å². The number of benzene rings is 2. The first-order chi connectivity index (χ1) is 14.8. The molecule has 9 nitrogen and oxygen atoms in total. The maximum Gasteiger partial charge on any atom is 0.257 e. The van der Waals surface area contributed by atoms with Crippen LogP contribution in [0.3, 0.4) is 0 Å². The Morgan fingerprint density at radius 1 is 0.968 bits per heavy atom. The van der Waals surface area contributed by atoms with Gasteiger partial charge in [-0.2, -0.15) is 0 Å². The molecule has 0 atom stereocenters. The normalized spacial score (nSPS) is 14.5. The number of sulfonamides is 1. The minimum atomic E-state index is -3.67. The second-order valence-corrected chi connectivity index (χ2v) is 8.78. The highest BCUT2D eigenvalue weighted by Crippen LogP contribution is 2.19. The van der Waals surface area contributed by atoms with E-state index in [0.29, 0.717) is 31.7 Å². The number of phenols is 1. The Labute approximate surface area is 181 Å². The first kappa shape index (κ1) is 22.7. The third-order valence-corrected chi connectivity index (χ3v) is 6.48. The van der Waals surface area contributed by atoms with Crippen molar-refractivity contribution >= 4 is 21.8 Å². The number of ether oxygens (including phenoxy) is 1. The number of carbonyl (C=O) groups excluding carboxylic acids is 2. The fraction of sp³-hybridized carbons (Fsp3) is 0.333. The molecule has 1 saturated heterocycles. The third-order valence-electron chi connectivity index (χ3n) is 5.00. The summed E-state index contributed by atoms with van der Waals surface area (Å²) in [6.45, 7) is 1.79. The van der Waals surface area contributed by atoms with Gasteiger partial charge in [0.25, 0.3) is 11.8 Å². The molecule has 1 aliphatic heterocycles. The number of para-hydroxylation sites is 1. The summed E-state index contributed by atoms with van der Waals surface area (Å²) in [5.74, 6) is -0.579. The number of hydrogen-bond acceptors (Lipinski definition) is 6. The van der Waals surface area contributed by atoms with E-state index in [4.69, 9.17) is 4.74 Å². The van der Waals surface area contributed by atoms with Crippen molar-refractivity contribution in [3.63, 3.8) is 0 Å². The van der Waals surface area contributed by atoms with Gasteiger partial charge in [-0.25, -0.2) is 13.1 Å². The second kappa shape index (κ2) is 9.90. The van der Waals surface area contributed by atoms with E-state index in [9.17, 15) is 23.1 Å². The molecule has 2 aromatic rings. The van der Waals surface area contributed by atoms with E-state index in [-0.39, 0.29) is 41.2 Å². The molecule has 0 spiro atoms. The highest BCUT2D eigenvalue weighted by atomic mass is 32.2. The molecule has 166 valence electrons. The molecule has 0 saturated carbocycles. The van der Waals surface area contributed by atoms with E-state index >= 15 is 0 Å². The van der Waals surface area contributed by atoms with Crippen LogP contribution in [0.5, 0.6) is 5.75 Å². The Morgan fingerprint density at radius 3 is 2.13 bits per heavy atom. The minimum absolute atomic E-state index is 0.0678. The molecule has 10 heteroatoms. The van der Waals surface area contributed by atoms with Crippen LogP contribution in [0.4, 0.5) is 0 Å². The molecule has 3 rings (SSSR count). The summed E-state index contributed by atoms with van der Waals surface area (Å²) in [6.07, 6.45) is 0. The quantitative estimate of drug-likeness (QED) is 0.610. The molecule has 1 fully saturated rings. The van der Waals surface area contributed by atoms with E-state index < -0.39 is 10.0 Å². The smallest absolute Gasteiger partial charge is 0.257 e. The van der Waals surface area contributed by atoms with E-state index in [2.05, 4.69) is 4.72 Å². The van der Waals surface area contributed by atoms with Gasteiger partial charge in [0.1, 0.15) is 5.75 Å². The first-order valence-electron chi connectivity index (χ1n) is 9.78. The maximum absolute atomic E-state index is 12.8. The topological polar surface area (TPSA) is 116 Å². The lowest BCUT2D eigenvalue weighted by atomic mass is 10.1. The number of nitrogens with one attached hydrogen (secondary N) is 1. The average molecular weight is 448 g/mol. The van der Waals surface area contributed by atoms with Crippen LogP contribution >= 0.6 is 0 Å². The van der Waals surface area contributed by atoms with Crippen LogP contribution in [0, 0.1) is 0 Å². The summed E-state index contributed by atoms with van der Waals surface area (Å²) >= 11 is 0. The number of aromatic hydroxyl groups is 1. The zero-order valence-corrected chi connectivity index (χ0v) is 18.0. The summed E-state index contributed by atoms with van der Waals surface area (Å²) in [6, 6.07) is 12.1. The van der Waals surface area contributed by atoms with Gasteiger partial charge < -0.3 is 19.6 Å². The average Bonchev–Trinajstić information content (AvgIpc) is 2.79.